The number of hydrogen-bond donors (Lipinski definition) is 0. The van der Waals surface area contributed by atoms with Gasteiger partial charge in [-0.3, -0.25) is 4.90 Å². The van der Waals surface area contributed by atoms with Crippen molar-refractivity contribution in [2.45, 2.75) is 25.3 Å². The molecule has 0 aromatic carbocycles. The van der Waals surface area contributed by atoms with Crippen LogP contribution in [-0.2, 0) is 0 Å². The van der Waals surface area contributed by atoms with Crippen LogP contribution in [0.2, 0.25) is 0 Å². The molecule has 2 unspecified atom stereocenters. The standard InChI is InChI=1S/C11H21ClN2/c1-13-6-4-10(8-13)9-14-5-2-3-11(14)7-12/h10-11H,2-9H2,1H3. The van der Waals surface area contributed by atoms with Gasteiger partial charge in [-0.25, -0.2) is 0 Å². The van der Waals surface area contributed by atoms with Crippen molar-refractivity contribution in [1.82, 2.24) is 9.80 Å². The molecule has 2 saturated heterocycles. The molecule has 0 saturated carbocycles. The van der Waals surface area contributed by atoms with Gasteiger partial charge < -0.3 is 4.90 Å². The quantitative estimate of drug-likeness (QED) is 0.662. The van der Waals surface area contributed by atoms with Gasteiger partial charge in [-0.05, 0) is 45.3 Å². The van der Waals surface area contributed by atoms with Crippen LogP contribution in [0.25, 0.3) is 0 Å². The molecule has 2 aliphatic heterocycles. The Kier molecular flexibility index (Phi) is 3.69. The summed E-state index contributed by atoms with van der Waals surface area (Å²) in [5, 5.41) is 0. The van der Waals surface area contributed by atoms with Gasteiger partial charge in [0.2, 0.25) is 0 Å². The lowest BCUT2D eigenvalue weighted by molar-refractivity contribution is 0.227. The van der Waals surface area contributed by atoms with Crippen LogP contribution in [-0.4, -0.2) is 54.9 Å². The molecule has 2 heterocycles. The SMILES string of the molecule is CN1CCC(CN2CCCC2CCl)C1. The van der Waals surface area contributed by atoms with Crippen molar-refractivity contribution in [2.75, 3.05) is 39.1 Å². The lowest BCUT2D eigenvalue weighted by atomic mass is 10.1. The zero-order valence-electron chi connectivity index (χ0n) is 9.08. The lowest BCUT2D eigenvalue weighted by Gasteiger charge is -2.25. The van der Waals surface area contributed by atoms with E-state index in [0.717, 1.165) is 11.8 Å². The van der Waals surface area contributed by atoms with Gasteiger partial charge in [0.15, 0.2) is 0 Å². The number of likely N-dealkylation sites (tertiary alicyclic amines) is 2. The summed E-state index contributed by atoms with van der Waals surface area (Å²) < 4.78 is 0. The van der Waals surface area contributed by atoms with Crippen molar-refractivity contribution in [3.05, 3.63) is 0 Å². The fourth-order valence-electron chi connectivity index (χ4n) is 2.82. The molecule has 0 aromatic heterocycles. The van der Waals surface area contributed by atoms with E-state index in [1.54, 1.807) is 0 Å². The normalized spacial score (nSPS) is 35.6. The summed E-state index contributed by atoms with van der Waals surface area (Å²) >= 11 is 5.96. The number of alkyl halides is 1. The third-order valence-electron chi connectivity index (χ3n) is 3.66. The van der Waals surface area contributed by atoms with Crippen LogP contribution >= 0.6 is 11.6 Å². The highest BCUT2D eigenvalue weighted by molar-refractivity contribution is 6.18. The Morgan fingerprint density at radius 1 is 1.29 bits per heavy atom. The Labute approximate surface area is 92.2 Å². The predicted octanol–water partition coefficient (Wildman–Crippen LogP) is 1.64. The first-order chi connectivity index (χ1) is 6.79. The van der Waals surface area contributed by atoms with E-state index in [1.165, 1.54) is 45.4 Å². The van der Waals surface area contributed by atoms with E-state index < -0.39 is 0 Å². The Balaban J connectivity index is 1.79. The minimum absolute atomic E-state index is 0.669. The largest absolute Gasteiger partial charge is 0.306 e. The molecule has 14 heavy (non-hydrogen) atoms. The predicted molar refractivity (Wildman–Crippen MR) is 60.9 cm³/mol. The maximum Gasteiger partial charge on any atom is 0.0379 e. The van der Waals surface area contributed by atoms with Crippen LogP contribution in [0.15, 0.2) is 0 Å². The van der Waals surface area contributed by atoms with Crippen LogP contribution in [0.3, 0.4) is 0 Å². The summed E-state index contributed by atoms with van der Waals surface area (Å²) in [6.07, 6.45) is 4.04. The Bertz CT molecular complexity index is 186. The van der Waals surface area contributed by atoms with E-state index in [9.17, 15) is 0 Å². The Morgan fingerprint density at radius 2 is 2.14 bits per heavy atom. The molecular formula is C11H21ClN2. The van der Waals surface area contributed by atoms with Gasteiger partial charge in [-0.2, -0.15) is 0 Å². The maximum atomic E-state index is 5.96. The summed E-state index contributed by atoms with van der Waals surface area (Å²) in [5.41, 5.74) is 0. The van der Waals surface area contributed by atoms with Crippen molar-refractivity contribution in [3.8, 4) is 0 Å². The molecule has 2 fully saturated rings. The summed E-state index contributed by atoms with van der Waals surface area (Å²) in [6, 6.07) is 0.669. The van der Waals surface area contributed by atoms with E-state index in [1.807, 2.05) is 0 Å². The highest BCUT2D eigenvalue weighted by Gasteiger charge is 2.28. The van der Waals surface area contributed by atoms with Gasteiger partial charge in [0.1, 0.15) is 0 Å². The second-order valence-electron chi connectivity index (χ2n) is 4.86. The van der Waals surface area contributed by atoms with Gasteiger partial charge in [-0.15, -0.1) is 11.6 Å². The first-order valence-electron chi connectivity index (χ1n) is 5.78. The number of hydrogen-bond acceptors (Lipinski definition) is 2. The minimum atomic E-state index is 0.669. The molecule has 3 heteroatoms. The molecule has 0 bridgehead atoms. The molecule has 2 nitrogen and oxygen atoms in total. The topological polar surface area (TPSA) is 6.48 Å². The number of halogens is 1. The van der Waals surface area contributed by atoms with Crippen molar-refractivity contribution in [3.63, 3.8) is 0 Å². The van der Waals surface area contributed by atoms with Crippen molar-refractivity contribution < 1.29 is 0 Å². The first-order valence-corrected chi connectivity index (χ1v) is 6.31. The molecule has 0 spiro atoms. The molecule has 82 valence electrons. The molecule has 2 atom stereocenters. The second kappa shape index (κ2) is 4.82. The van der Waals surface area contributed by atoms with Crippen LogP contribution in [0.5, 0.6) is 0 Å². The van der Waals surface area contributed by atoms with E-state index in [2.05, 4.69) is 16.8 Å². The fraction of sp³-hybridized carbons (Fsp3) is 1.00. The number of rotatable bonds is 3. The van der Waals surface area contributed by atoms with Crippen molar-refractivity contribution in [2.24, 2.45) is 5.92 Å². The van der Waals surface area contributed by atoms with Gasteiger partial charge in [-0.1, -0.05) is 0 Å². The molecule has 2 aliphatic rings. The van der Waals surface area contributed by atoms with Gasteiger partial charge in [0.25, 0.3) is 0 Å². The summed E-state index contributed by atoms with van der Waals surface area (Å²) in [5.74, 6) is 1.71. The average Bonchev–Trinajstić information content (AvgIpc) is 2.76. The van der Waals surface area contributed by atoms with E-state index >= 15 is 0 Å². The third-order valence-corrected chi connectivity index (χ3v) is 4.02. The van der Waals surface area contributed by atoms with E-state index in [4.69, 9.17) is 11.6 Å². The zero-order valence-corrected chi connectivity index (χ0v) is 9.84. The van der Waals surface area contributed by atoms with Gasteiger partial charge in [0.05, 0.1) is 0 Å². The molecule has 0 amide bonds. The second-order valence-corrected chi connectivity index (χ2v) is 5.17. The Morgan fingerprint density at radius 3 is 2.79 bits per heavy atom. The van der Waals surface area contributed by atoms with Crippen LogP contribution in [0, 0.1) is 5.92 Å². The van der Waals surface area contributed by atoms with Crippen molar-refractivity contribution >= 4 is 11.6 Å². The molecule has 0 N–H and O–H groups in total. The average molecular weight is 217 g/mol. The summed E-state index contributed by atoms with van der Waals surface area (Å²) in [4.78, 5) is 5.05. The highest BCUT2D eigenvalue weighted by Crippen LogP contribution is 2.23. The monoisotopic (exact) mass is 216 g/mol. The van der Waals surface area contributed by atoms with Crippen molar-refractivity contribution in [1.29, 1.82) is 0 Å². The van der Waals surface area contributed by atoms with Gasteiger partial charge >= 0.3 is 0 Å². The van der Waals surface area contributed by atoms with Crippen LogP contribution < -0.4 is 0 Å². The maximum absolute atomic E-state index is 5.96. The summed E-state index contributed by atoms with van der Waals surface area (Å²) in [7, 11) is 2.23. The molecule has 0 radical (unpaired) electrons. The van der Waals surface area contributed by atoms with Gasteiger partial charge in [0, 0.05) is 25.0 Å². The van der Waals surface area contributed by atoms with Crippen LogP contribution in [0.1, 0.15) is 19.3 Å². The fourth-order valence-corrected chi connectivity index (χ4v) is 3.17. The Hall–Kier alpha value is 0.210. The molecular weight excluding hydrogens is 196 g/mol. The summed E-state index contributed by atoms with van der Waals surface area (Å²) in [6.45, 7) is 5.12. The van der Waals surface area contributed by atoms with E-state index in [-0.39, 0.29) is 0 Å². The third kappa shape index (κ3) is 2.41. The molecule has 0 aromatic rings. The number of nitrogens with zero attached hydrogens (tertiary/aromatic N) is 2. The minimum Gasteiger partial charge on any atom is -0.306 e. The zero-order chi connectivity index (χ0) is 9.97. The molecule has 0 aliphatic carbocycles. The first kappa shape index (κ1) is 10.7. The highest BCUT2D eigenvalue weighted by atomic mass is 35.5. The van der Waals surface area contributed by atoms with Crippen LogP contribution in [0.4, 0.5) is 0 Å². The molecule has 2 rings (SSSR count). The van der Waals surface area contributed by atoms with E-state index in [0.29, 0.717) is 6.04 Å². The smallest absolute Gasteiger partial charge is 0.0379 e. The lowest BCUT2D eigenvalue weighted by Crippen LogP contribution is -2.35.